The molecule has 1 heterocycles. The van der Waals surface area contributed by atoms with Crippen molar-refractivity contribution in [1.29, 1.82) is 0 Å². The Kier molecular flexibility index (Phi) is 6.20. The average Bonchev–Trinajstić information content (AvgIpc) is 3.07. The highest BCUT2D eigenvalue weighted by molar-refractivity contribution is 7.98. The summed E-state index contributed by atoms with van der Waals surface area (Å²) in [5, 5.41) is 0. The first-order valence-corrected chi connectivity index (χ1v) is 11.0. The number of hydrogen-bond acceptors (Lipinski definition) is 3. The third-order valence-electron chi connectivity index (χ3n) is 4.83. The Labute approximate surface area is 176 Å². The Hall–Kier alpha value is -2.72. The molecule has 3 nitrogen and oxygen atoms in total. The third kappa shape index (κ3) is 5.01. The molecule has 4 rings (SSSR count). The molecule has 0 aliphatic rings. The lowest BCUT2D eigenvalue weighted by Crippen LogP contribution is -2.07. The molecular formula is C25H26N2OS. The third-order valence-corrected chi connectivity index (χ3v) is 5.84. The molecule has 148 valence electrons. The van der Waals surface area contributed by atoms with Crippen LogP contribution in [0, 0.1) is 13.8 Å². The highest BCUT2D eigenvalue weighted by atomic mass is 32.2. The van der Waals surface area contributed by atoms with E-state index < -0.39 is 0 Å². The second-order valence-corrected chi connectivity index (χ2v) is 8.34. The molecule has 0 spiro atoms. The molecule has 0 aliphatic carbocycles. The summed E-state index contributed by atoms with van der Waals surface area (Å²) in [5.41, 5.74) is 4.73. The van der Waals surface area contributed by atoms with Crippen LogP contribution in [0.25, 0.3) is 11.0 Å². The van der Waals surface area contributed by atoms with Gasteiger partial charge in [0, 0.05) is 11.4 Å². The minimum atomic E-state index is 0.695. The van der Waals surface area contributed by atoms with E-state index in [-0.39, 0.29) is 0 Å². The van der Waals surface area contributed by atoms with Crippen molar-refractivity contribution in [2.45, 2.75) is 37.5 Å². The van der Waals surface area contributed by atoms with Crippen molar-refractivity contribution in [2.75, 3.05) is 6.61 Å². The number of fused-ring (bicyclic) bond motifs is 1. The van der Waals surface area contributed by atoms with E-state index >= 15 is 0 Å². The molecule has 4 heteroatoms. The highest BCUT2D eigenvalue weighted by Crippen LogP contribution is 2.25. The standard InChI is InChI=1S/C25H26N2OS/c1-19-15-20(2)17-21(16-19)28-14-8-13-27-24-12-7-6-11-23(24)26-25(27)18-29-22-9-4-3-5-10-22/h3-7,9-12,15-17H,8,13-14,18H2,1-2H3. The zero-order valence-corrected chi connectivity index (χ0v) is 17.8. The van der Waals surface area contributed by atoms with Gasteiger partial charge in [-0.1, -0.05) is 36.4 Å². The van der Waals surface area contributed by atoms with Crippen LogP contribution in [0.5, 0.6) is 5.75 Å². The molecule has 0 fully saturated rings. The fourth-order valence-corrected chi connectivity index (χ4v) is 4.44. The van der Waals surface area contributed by atoms with Crippen LogP contribution in [-0.4, -0.2) is 16.2 Å². The molecule has 0 bridgehead atoms. The van der Waals surface area contributed by atoms with Gasteiger partial charge in [0.2, 0.25) is 0 Å². The first kappa shape index (κ1) is 19.6. The van der Waals surface area contributed by atoms with E-state index in [0.29, 0.717) is 6.61 Å². The summed E-state index contributed by atoms with van der Waals surface area (Å²) in [4.78, 5) is 6.16. The van der Waals surface area contributed by atoms with E-state index in [1.165, 1.54) is 21.5 Å². The zero-order valence-electron chi connectivity index (χ0n) is 17.0. The second kappa shape index (κ2) is 9.19. The maximum atomic E-state index is 6.01. The van der Waals surface area contributed by atoms with Gasteiger partial charge >= 0.3 is 0 Å². The van der Waals surface area contributed by atoms with Gasteiger partial charge in [0.05, 0.1) is 23.4 Å². The smallest absolute Gasteiger partial charge is 0.120 e. The summed E-state index contributed by atoms with van der Waals surface area (Å²) < 4.78 is 8.35. The maximum Gasteiger partial charge on any atom is 0.120 e. The number of imidazole rings is 1. The van der Waals surface area contributed by atoms with Crippen molar-refractivity contribution < 1.29 is 4.74 Å². The molecule has 0 amide bonds. The molecule has 0 unspecified atom stereocenters. The minimum Gasteiger partial charge on any atom is -0.494 e. The lowest BCUT2D eigenvalue weighted by molar-refractivity contribution is 0.301. The maximum absolute atomic E-state index is 6.01. The number of para-hydroxylation sites is 2. The van der Waals surface area contributed by atoms with Crippen molar-refractivity contribution in [3.63, 3.8) is 0 Å². The van der Waals surface area contributed by atoms with Crippen molar-refractivity contribution in [1.82, 2.24) is 9.55 Å². The van der Waals surface area contributed by atoms with Crippen molar-refractivity contribution in [2.24, 2.45) is 0 Å². The molecule has 0 aliphatic heterocycles. The summed E-state index contributed by atoms with van der Waals surface area (Å²) >= 11 is 1.83. The Bertz CT molecular complexity index is 1070. The number of benzene rings is 3. The summed E-state index contributed by atoms with van der Waals surface area (Å²) in [5.74, 6) is 2.93. The fraction of sp³-hybridized carbons (Fsp3) is 0.240. The van der Waals surface area contributed by atoms with Crippen molar-refractivity contribution in [3.8, 4) is 5.75 Å². The van der Waals surface area contributed by atoms with Crippen LogP contribution in [0.15, 0.2) is 77.7 Å². The molecule has 4 aromatic rings. The van der Waals surface area contributed by atoms with Crippen LogP contribution in [-0.2, 0) is 12.3 Å². The lowest BCUT2D eigenvalue weighted by Gasteiger charge is -2.11. The molecule has 0 saturated carbocycles. The molecule has 0 N–H and O–H groups in total. The van der Waals surface area contributed by atoms with Crippen LogP contribution in [0.4, 0.5) is 0 Å². The highest BCUT2D eigenvalue weighted by Gasteiger charge is 2.11. The SMILES string of the molecule is Cc1cc(C)cc(OCCCn2c(CSc3ccccc3)nc3ccccc32)c1. The van der Waals surface area contributed by atoms with Gasteiger partial charge in [-0.05, 0) is 67.8 Å². The molecule has 0 atom stereocenters. The largest absolute Gasteiger partial charge is 0.494 e. The fourth-order valence-electron chi connectivity index (χ4n) is 3.58. The quantitative estimate of drug-likeness (QED) is 0.251. The van der Waals surface area contributed by atoms with Gasteiger partial charge < -0.3 is 9.30 Å². The molecule has 1 aromatic heterocycles. The Morgan fingerprint density at radius 1 is 0.897 bits per heavy atom. The van der Waals surface area contributed by atoms with Gasteiger partial charge in [0.15, 0.2) is 0 Å². The minimum absolute atomic E-state index is 0.695. The first-order chi connectivity index (χ1) is 14.2. The Balaban J connectivity index is 1.44. The number of thioether (sulfide) groups is 1. The summed E-state index contributed by atoms with van der Waals surface area (Å²) in [7, 11) is 0. The summed E-state index contributed by atoms with van der Waals surface area (Å²) in [6, 6.07) is 25.3. The topological polar surface area (TPSA) is 27.1 Å². The monoisotopic (exact) mass is 402 g/mol. The Morgan fingerprint density at radius 2 is 1.62 bits per heavy atom. The van der Waals surface area contributed by atoms with Crippen LogP contribution >= 0.6 is 11.8 Å². The molecule has 0 saturated heterocycles. The second-order valence-electron chi connectivity index (χ2n) is 7.30. The molecule has 29 heavy (non-hydrogen) atoms. The number of aryl methyl sites for hydroxylation is 3. The average molecular weight is 403 g/mol. The van der Waals surface area contributed by atoms with E-state index in [1.807, 2.05) is 11.8 Å². The van der Waals surface area contributed by atoms with Crippen LogP contribution < -0.4 is 4.74 Å². The van der Waals surface area contributed by atoms with Crippen LogP contribution in [0.3, 0.4) is 0 Å². The van der Waals surface area contributed by atoms with E-state index in [0.717, 1.165) is 35.8 Å². The molecular weight excluding hydrogens is 376 g/mol. The van der Waals surface area contributed by atoms with Gasteiger partial charge in [0.1, 0.15) is 11.6 Å². The predicted octanol–water partition coefficient (Wildman–Crippen LogP) is 6.41. The lowest BCUT2D eigenvalue weighted by atomic mass is 10.1. The number of rotatable bonds is 8. The molecule has 3 aromatic carbocycles. The normalized spacial score (nSPS) is 11.1. The number of nitrogens with zero attached hydrogens (tertiary/aromatic N) is 2. The first-order valence-electron chi connectivity index (χ1n) is 10.0. The van der Waals surface area contributed by atoms with Crippen molar-refractivity contribution in [3.05, 3.63) is 89.7 Å². The van der Waals surface area contributed by atoms with Crippen LogP contribution in [0.1, 0.15) is 23.4 Å². The molecule has 0 radical (unpaired) electrons. The van der Waals surface area contributed by atoms with E-state index in [1.54, 1.807) is 0 Å². The van der Waals surface area contributed by atoms with E-state index in [9.17, 15) is 0 Å². The van der Waals surface area contributed by atoms with Gasteiger partial charge in [-0.25, -0.2) is 4.98 Å². The van der Waals surface area contributed by atoms with Gasteiger partial charge in [-0.2, -0.15) is 0 Å². The number of aromatic nitrogens is 2. The predicted molar refractivity (Wildman–Crippen MR) is 122 cm³/mol. The van der Waals surface area contributed by atoms with Crippen LogP contribution in [0.2, 0.25) is 0 Å². The van der Waals surface area contributed by atoms with E-state index in [4.69, 9.17) is 9.72 Å². The van der Waals surface area contributed by atoms with E-state index in [2.05, 4.69) is 91.2 Å². The zero-order chi connectivity index (χ0) is 20.1. The van der Waals surface area contributed by atoms with Gasteiger partial charge in [-0.15, -0.1) is 11.8 Å². The summed E-state index contributed by atoms with van der Waals surface area (Å²) in [6.45, 7) is 5.80. The number of hydrogen-bond donors (Lipinski definition) is 0. The van der Waals surface area contributed by atoms with Gasteiger partial charge in [-0.3, -0.25) is 0 Å². The van der Waals surface area contributed by atoms with Gasteiger partial charge in [0.25, 0.3) is 0 Å². The number of ether oxygens (including phenoxy) is 1. The Morgan fingerprint density at radius 3 is 2.41 bits per heavy atom. The van der Waals surface area contributed by atoms with Crippen molar-refractivity contribution >= 4 is 22.8 Å². The summed E-state index contributed by atoms with van der Waals surface area (Å²) in [6.07, 6.45) is 0.941.